The molecule has 0 aliphatic heterocycles. The summed E-state index contributed by atoms with van der Waals surface area (Å²) in [6.07, 6.45) is 17.2. The van der Waals surface area contributed by atoms with Crippen molar-refractivity contribution in [3.63, 3.8) is 0 Å². The zero-order valence-electron chi connectivity index (χ0n) is 19.3. The van der Waals surface area contributed by atoms with Crippen LogP contribution in [0.1, 0.15) is 105 Å². The second-order valence-corrected chi connectivity index (χ2v) is 12.3. The van der Waals surface area contributed by atoms with Crippen LogP contribution in [-0.4, -0.2) is 5.11 Å². The Morgan fingerprint density at radius 1 is 0.964 bits per heavy atom. The van der Waals surface area contributed by atoms with Crippen molar-refractivity contribution in [1.82, 2.24) is 0 Å². The Bertz CT molecular complexity index is 591. The van der Waals surface area contributed by atoms with Crippen LogP contribution in [0.5, 0.6) is 0 Å². The van der Waals surface area contributed by atoms with Gasteiger partial charge in [-0.1, -0.05) is 53.9 Å². The number of hydrogen-bond donors (Lipinski definition) is 1. The van der Waals surface area contributed by atoms with E-state index in [9.17, 15) is 5.11 Å². The number of fused-ring (bicyclic) bond motifs is 5. The molecule has 1 heteroatoms. The van der Waals surface area contributed by atoms with Crippen LogP contribution in [0.3, 0.4) is 0 Å². The van der Waals surface area contributed by atoms with Gasteiger partial charge in [-0.3, -0.25) is 0 Å². The van der Waals surface area contributed by atoms with Crippen LogP contribution < -0.4 is 0 Å². The van der Waals surface area contributed by atoms with Crippen molar-refractivity contribution in [3.05, 3.63) is 11.8 Å². The number of rotatable bonds is 5. The van der Waals surface area contributed by atoms with E-state index in [0.29, 0.717) is 16.6 Å². The number of hydrogen-bond acceptors (Lipinski definition) is 1. The smallest absolute Gasteiger partial charge is 0.0886 e. The van der Waals surface area contributed by atoms with E-state index in [0.717, 1.165) is 54.3 Å². The first-order valence-electron chi connectivity index (χ1n) is 12.6. The van der Waals surface area contributed by atoms with Gasteiger partial charge in [0.25, 0.3) is 0 Å². The Morgan fingerprint density at radius 2 is 1.71 bits per heavy atom. The molecule has 0 aromatic carbocycles. The van der Waals surface area contributed by atoms with Gasteiger partial charge in [0.05, 0.1) is 5.76 Å². The lowest BCUT2D eigenvalue weighted by atomic mass is 9.45. The van der Waals surface area contributed by atoms with E-state index in [-0.39, 0.29) is 0 Å². The van der Waals surface area contributed by atoms with Gasteiger partial charge in [-0.15, -0.1) is 0 Å². The van der Waals surface area contributed by atoms with Gasteiger partial charge >= 0.3 is 0 Å². The summed E-state index contributed by atoms with van der Waals surface area (Å²) in [5.74, 6) is 6.98. The van der Waals surface area contributed by atoms with Crippen molar-refractivity contribution in [1.29, 1.82) is 0 Å². The van der Waals surface area contributed by atoms with Gasteiger partial charge in [0.15, 0.2) is 0 Å². The summed E-state index contributed by atoms with van der Waals surface area (Å²) in [7, 11) is 0. The van der Waals surface area contributed by atoms with Crippen LogP contribution in [0, 0.1) is 52.3 Å². The zero-order valence-corrected chi connectivity index (χ0v) is 19.3. The first-order chi connectivity index (χ1) is 13.3. The molecule has 4 aliphatic carbocycles. The summed E-state index contributed by atoms with van der Waals surface area (Å²) in [6.45, 7) is 12.6. The zero-order chi connectivity index (χ0) is 20.1. The van der Waals surface area contributed by atoms with Gasteiger partial charge in [0, 0.05) is 6.42 Å². The van der Waals surface area contributed by atoms with Crippen molar-refractivity contribution in [2.24, 2.45) is 52.3 Å². The van der Waals surface area contributed by atoms with Crippen LogP contribution in [0.4, 0.5) is 0 Å². The van der Waals surface area contributed by atoms with Crippen molar-refractivity contribution in [2.75, 3.05) is 0 Å². The maximum atomic E-state index is 10.1. The van der Waals surface area contributed by atoms with Gasteiger partial charge in [0.2, 0.25) is 0 Å². The fourth-order valence-corrected chi connectivity index (χ4v) is 8.89. The lowest BCUT2D eigenvalue weighted by Crippen LogP contribution is -2.52. The summed E-state index contributed by atoms with van der Waals surface area (Å²) in [5.41, 5.74) is 1.06. The Morgan fingerprint density at radius 3 is 2.46 bits per heavy atom. The van der Waals surface area contributed by atoms with E-state index >= 15 is 0 Å². The van der Waals surface area contributed by atoms with Gasteiger partial charge in [-0.25, -0.2) is 0 Å². The van der Waals surface area contributed by atoms with Crippen molar-refractivity contribution >= 4 is 0 Å². The Kier molecular flexibility index (Phi) is 5.69. The number of allylic oxidation sites excluding steroid dienone is 2. The molecule has 3 saturated carbocycles. The molecule has 4 aliphatic rings. The molecule has 0 heterocycles. The van der Waals surface area contributed by atoms with E-state index in [2.05, 4.69) is 40.7 Å². The minimum Gasteiger partial charge on any atom is -0.513 e. The van der Waals surface area contributed by atoms with Gasteiger partial charge in [-0.2, -0.15) is 0 Å². The fraction of sp³-hybridized carbons (Fsp3) is 0.926. The second-order valence-electron chi connectivity index (χ2n) is 12.3. The third-order valence-electron chi connectivity index (χ3n) is 10.5. The Balaban J connectivity index is 1.48. The highest BCUT2D eigenvalue weighted by molar-refractivity contribution is 5.14. The molecular weight excluding hydrogens is 340 g/mol. The molecule has 1 nitrogen and oxygen atoms in total. The third kappa shape index (κ3) is 3.37. The van der Waals surface area contributed by atoms with E-state index in [1.807, 2.05) is 0 Å². The summed E-state index contributed by atoms with van der Waals surface area (Å²) in [6, 6.07) is 0. The fourth-order valence-electron chi connectivity index (χ4n) is 8.89. The van der Waals surface area contributed by atoms with E-state index in [4.69, 9.17) is 0 Å². The Hall–Kier alpha value is -0.460. The molecule has 0 spiro atoms. The molecule has 0 amide bonds. The summed E-state index contributed by atoms with van der Waals surface area (Å²) < 4.78 is 0. The average molecular weight is 387 g/mol. The molecule has 8 atom stereocenters. The first kappa shape index (κ1) is 20.8. The molecule has 4 rings (SSSR count). The van der Waals surface area contributed by atoms with Gasteiger partial charge in [0.1, 0.15) is 0 Å². The standard InChI is InChI=1S/C27H46O/c1-18(2)7-6-8-19(3)23-11-12-24-22-10-9-20-17-21(28)13-15-26(20,4)25(22)14-16-27(23,24)5/h13,18-20,22-25,28H,6-12,14-17H2,1-5H3/t19-,20-,22-,23-,24+,25-,26+,27-/m1/s1. The molecular formula is C27H46O. The molecule has 1 N–H and O–H groups in total. The molecule has 28 heavy (non-hydrogen) atoms. The van der Waals surface area contributed by atoms with Crippen LogP contribution in [0.2, 0.25) is 0 Å². The number of aliphatic hydroxyl groups is 1. The van der Waals surface area contributed by atoms with Crippen LogP contribution >= 0.6 is 0 Å². The minimum atomic E-state index is 0.456. The maximum Gasteiger partial charge on any atom is 0.0886 e. The molecule has 0 radical (unpaired) electrons. The summed E-state index contributed by atoms with van der Waals surface area (Å²) in [4.78, 5) is 0. The number of aliphatic hydroxyl groups excluding tert-OH is 1. The quantitative estimate of drug-likeness (QED) is 0.505. The molecule has 0 saturated heterocycles. The first-order valence-corrected chi connectivity index (χ1v) is 12.6. The SMILES string of the molecule is CC(C)CCC[C@@H](C)[C@H]1CC[C@H]2[C@H]3CC[C@@H]4CC(O)=CC[C@]4(C)[C@@H]3CC[C@]12C. The largest absolute Gasteiger partial charge is 0.513 e. The molecule has 0 bridgehead atoms. The second kappa shape index (κ2) is 7.66. The molecule has 0 unspecified atom stereocenters. The third-order valence-corrected chi connectivity index (χ3v) is 10.5. The monoisotopic (exact) mass is 386 g/mol. The molecule has 0 aromatic heterocycles. The molecule has 3 fully saturated rings. The summed E-state index contributed by atoms with van der Waals surface area (Å²) in [5, 5.41) is 10.1. The topological polar surface area (TPSA) is 20.2 Å². The van der Waals surface area contributed by atoms with E-state index in [1.165, 1.54) is 57.8 Å². The predicted molar refractivity (Wildman–Crippen MR) is 119 cm³/mol. The van der Waals surface area contributed by atoms with Crippen LogP contribution in [-0.2, 0) is 0 Å². The normalized spacial score (nSPS) is 46.5. The van der Waals surface area contributed by atoms with Gasteiger partial charge in [-0.05, 0) is 103 Å². The van der Waals surface area contributed by atoms with Crippen molar-refractivity contribution in [2.45, 2.75) is 105 Å². The van der Waals surface area contributed by atoms with E-state index in [1.54, 1.807) is 0 Å². The Labute approximate surface area is 174 Å². The van der Waals surface area contributed by atoms with Crippen LogP contribution in [0.15, 0.2) is 11.8 Å². The predicted octanol–water partition coefficient (Wildman–Crippen LogP) is 8.16. The average Bonchev–Trinajstić information content (AvgIpc) is 2.99. The lowest BCUT2D eigenvalue weighted by Gasteiger charge is -2.60. The minimum absolute atomic E-state index is 0.456. The maximum absolute atomic E-state index is 10.1. The highest BCUT2D eigenvalue weighted by atomic mass is 16.3. The van der Waals surface area contributed by atoms with E-state index < -0.39 is 0 Å². The lowest BCUT2D eigenvalue weighted by molar-refractivity contribution is -0.104. The van der Waals surface area contributed by atoms with Crippen molar-refractivity contribution in [3.8, 4) is 0 Å². The van der Waals surface area contributed by atoms with Crippen molar-refractivity contribution < 1.29 is 5.11 Å². The van der Waals surface area contributed by atoms with Crippen LogP contribution in [0.25, 0.3) is 0 Å². The molecule has 160 valence electrons. The highest BCUT2D eigenvalue weighted by Gasteiger charge is 2.60. The molecule has 0 aromatic rings. The van der Waals surface area contributed by atoms with Gasteiger partial charge < -0.3 is 5.11 Å². The summed E-state index contributed by atoms with van der Waals surface area (Å²) >= 11 is 0. The highest BCUT2D eigenvalue weighted by Crippen LogP contribution is 2.68.